The standard InChI is InChI=1S/C13H14BrNO2/c1-3-5-10(4-2)15-13(17)9-6-7-11(14)12(16)8-9/h1,6-8,10,16H,4-5H2,2H3,(H,15,17)/t10-/m1/s1. The molecule has 0 aliphatic rings. The van der Waals surface area contributed by atoms with Gasteiger partial charge in [0.2, 0.25) is 0 Å². The van der Waals surface area contributed by atoms with Crippen molar-refractivity contribution in [1.82, 2.24) is 5.32 Å². The summed E-state index contributed by atoms with van der Waals surface area (Å²) in [6.07, 6.45) is 6.50. The second kappa shape index (κ2) is 6.31. The van der Waals surface area contributed by atoms with Crippen LogP contribution in [0.4, 0.5) is 0 Å². The maximum atomic E-state index is 11.8. The van der Waals surface area contributed by atoms with Gasteiger partial charge in [-0.3, -0.25) is 4.79 Å². The van der Waals surface area contributed by atoms with E-state index in [1.807, 2.05) is 6.92 Å². The molecule has 0 aliphatic heterocycles. The molecule has 0 spiro atoms. The maximum absolute atomic E-state index is 11.8. The summed E-state index contributed by atoms with van der Waals surface area (Å²) in [7, 11) is 0. The van der Waals surface area contributed by atoms with E-state index in [2.05, 4.69) is 27.2 Å². The van der Waals surface area contributed by atoms with Crippen LogP contribution in [0.25, 0.3) is 0 Å². The van der Waals surface area contributed by atoms with Gasteiger partial charge < -0.3 is 10.4 Å². The third kappa shape index (κ3) is 3.79. The molecule has 90 valence electrons. The van der Waals surface area contributed by atoms with Crippen molar-refractivity contribution >= 4 is 21.8 Å². The van der Waals surface area contributed by atoms with E-state index in [4.69, 9.17) is 6.42 Å². The van der Waals surface area contributed by atoms with Crippen molar-refractivity contribution in [1.29, 1.82) is 0 Å². The third-order valence-corrected chi connectivity index (χ3v) is 3.07. The minimum atomic E-state index is -0.227. The number of halogens is 1. The summed E-state index contributed by atoms with van der Waals surface area (Å²) in [6.45, 7) is 1.96. The zero-order chi connectivity index (χ0) is 12.8. The van der Waals surface area contributed by atoms with Gasteiger partial charge in [-0.1, -0.05) is 6.92 Å². The SMILES string of the molecule is C#CC[C@@H](CC)NC(=O)c1ccc(Br)c(O)c1. The van der Waals surface area contributed by atoms with Gasteiger partial charge >= 0.3 is 0 Å². The summed E-state index contributed by atoms with van der Waals surface area (Å²) in [4.78, 5) is 11.8. The maximum Gasteiger partial charge on any atom is 0.251 e. The van der Waals surface area contributed by atoms with Gasteiger partial charge in [-0.05, 0) is 40.5 Å². The molecule has 0 heterocycles. The molecule has 1 aromatic carbocycles. The number of amides is 1. The lowest BCUT2D eigenvalue weighted by molar-refractivity contribution is 0.0936. The number of aromatic hydroxyl groups is 1. The quantitative estimate of drug-likeness (QED) is 0.839. The lowest BCUT2D eigenvalue weighted by atomic mass is 10.1. The Morgan fingerprint density at radius 2 is 2.35 bits per heavy atom. The van der Waals surface area contributed by atoms with E-state index < -0.39 is 0 Å². The molecule has 3 nitrogen and oxygen atoms in total. The molecule has 0 radical (unpaired) electrons. The molecule has 1 atom stereocenters. The molecule has 17 heavy (non-hydrogen) atoms. The Bertz CT molecular complexity index is 451. The monoisotopic (exact) mass is 295 g/mol. The molecule has 0 aromatic heterocycles. The van der Waals surface area contributed by atoms with E-state index in [0.29, 0.717) is 16.5 Å². The van der Waals surface area contributed by atoms with Crippen LogP contribution >= 0.6 is 15.9 Å². The number of carbonyl (C=O) groups excluding carboxylic acids is 1. The second-order valence-electron chi connectivity index (χ2n) is 3.65. The number of carbonyl (C=O) groups is 1. The molecule has 0 unspecified atom stereocenters. The Labute approximate surface area is 109 Å². The Balaban J connectivity index is 2.76. The topological polar surface area (TPSA) is 49.3 Å². The number of terminal acetylenes is 1. The van der Waals surface area contributed by atoms with Crippen molar-refractivity contribution < 1.29 is 9.90 Å². The van der Waals surface area contributed by atoms with E-state index in [1.165, 1.54) is 6.07 Å². The number of hydrogen-bond donors (Lipinski definition) is 2. The average molecular weight is 296 g/mol. The predicted octanol–water partition coefficient (Wildman–Crippen LogP) is 2.69. The van der Waals surface area contributed by atoms with Gasteiger partial charge in [0.25, 0.3) is 5.91 Å². The Hall–Kier alpha value is -1.47. The van der Waals surface area contributed by atoms with Crippen molar-refractivity contribution in [2.24, 2.45) is 0 Å². The van der Waals surface area contributed by atoms with Crippen molar-refractivity contribution in [3.63, 3.8) is 0 Å². The van der Waals surface area contributed by atoms with E-state index in [-0.39, 0.29) is 17.7 Å². The summed E-state index contributed by atoms with van der Waals surface area (Å²) in [6, 6.07) is 4.66. The van der Waals surface area contributed by atoms with Gasteiger partial charge in [0, 0.05) is 18.0 Å². The molecule has 0 aliphatic carbocycles. The highest BCUT2D eigenvalue weighted by molar-refractivity contribution is 9.10. The fourth-order valence-electron chi connectivity index (χ4n) is 1.36. The summed E-state index contributed by atoms with van der Waals surface area (Å²) < 4.78 is 0.560. The summed E-state index contributed by atoms with van der Waals surface area (Å²) in [5.41, 5.74) is 0.418. The molecule has 1 amide bonds. The number of benzene rings is 1. The molecule has 0 fully saturated rings. The van der Waals surface area contributed by atoms with Crippen molar-refractivity contribution in [3.8, 4) is 18.1 Å². The fraction of sp³-hybridized carbons (Fsp3) is 0.308. The molecule has 0 bridgehead atoms. The Kier molecular flexibility index (Phi) is 5.05. The van der Waals surface area contributed by atoms with Crippen LogP contribution in [0, 0.1) is 12.3 Å². The van der Waals surface area contributed by atoms with Gasteiger partial charge in [-0.25, -0.2) is 0 Å². The predicted molar refractivity (Wildman–Crippen MR) is 70.8 cm³/mol. The van der Waals surface area contributed by atoms with Crippen LogP contribution in [0.1, 0.15) is 30.1 Å². The highest BCUT2D eigenvalue weighted by Gasteiger charge is 2.12. The minimum Gasteiger partial charge on any atom is -0.507 e. The van der Waals surface area contributed by atoms with Crippen LogP contribution in [-0.4, -0.2) is 17.1 Å². The van der Waals surface area contributed by atoms with Gasteiger partial charge in [0.1, 0.15) is 5.75 Å². The van der Waals surface area contributed by atoms with Crippen molar-refractivity contribution in [2.75, 3.05) is 0 Å². The molecule has 0 saturated carbocycles. The first-order valence-electron chi connectivity index (χ1n) is 5.31. The third-order valence-electron chi connectivity index (χ3n) is 2.40. The van der Waals surface area contributed by atoms with Crippen molar-refractivity contribution in [2.45, 2.75) is 25.8 Å². The lowest BCUT2D eigenvalue weighted by Crippen LogP contribution is -2.34. The first-order valence-corrected chi connectivity index (χ1v) is 6.10. The van der Waals surface area contributed by atoms with Gasteiger partial charge in [-0.2, -0.15) is 0 Å². The van der Waals surface area contributed by atoms with Gasteiger partial charge in [-0.15, -0.1) is 12.3 Å². The number of phenolic OH excluding ortho intramolecular Hbond substituents is 1. The van der Waals surface area contributed by atoms with Crippen LogP contribution in [0.15, 0.2) is 22.7 Å². The second-order valence-corrected chi connectivity index (χ2v) is 4.51. The zero-order valence-corrected chi connectivity index (χ0v) is 11.1. The van der Waals surface area contributed by atoms with Crippen LogP contribution in [0.3, 0.4) is 0 Å². The van der Waals surface area contributed by atoms with Crippen molar-refractivity contribution in [3.05, 3.63) is 28.2 Å². The lowest BCUT2D eigenvalue weighted by Gasteiger charge is -2.14. The molecule has 1 rings (SSSR count). The molecule has 2 N–H and O–H groups in total. The summed E-state index contributed by atoms with van der Waals surface area (Å²) in [5.74, 6) is 2.34. The first kappa shape index (κ1) is 13.6. The van der Waals surface area contributed by atoms with Crippen LogP contribution in [-0.2, 0) is 0 Å². The van der Waals surface area contributed by atoms with Gasteiger partial charge in [0.05, 0.1) is 4.47 Å². The zero-order valence-electron chi connectivity index (χ0n) is 9.53. The Morgan fingerprint density at radius 1 is 1.65 bits per heavy atom. The van der Waals surface area contributed by atoms with E-state index in [9.17, 15) is 9.90 Å². The highest BCUT2D eigenvalue weighted by atomic mass is 79.9. The number of hydrogen-bond acceptors (Lipinski definition) is 2. The van der Waals surface area contributed by atoms with Gasteiger partial charge in [0.15, 0.2) is 0 Å². The smallest absolute Gasteiger partial charge is 0.251 e. The average Bonchev–Trinajstić information content (AvgIpc) is 2.31. The first-order chi connectivity index (χ1) is 8.08. The molecular weight excluding hydrogens is 282 g/mol. The molecule has 0 saturated heterocycles. The number of phenols is 1. The Morgan fingerprint density at radius 3 is 2.88 bits per heavy atom. The van der Waals surface area contributed by atoms with E-state index in [0.717, 1.165) is 6.42 Å². The minimum absolute atomic E-state index is 0.0294. The van der Waals surface area contributed by atoms with E-state index >= 15 is 0 Å². The fourth-order valence-corrected chi connectivity index (χ4v) is 1.61. The highest BCUT2D eigenvalue weighted by Crippen LogP contribution is 2.24. The number of rotatable bonds is 4. The summed E-state index contributed by atoms with van der Waals surface area (Å²) >= 11 is 3.16. The van der Waals surface area contributed by atoms with E-state index in [1.54, 1.807) is 12.1 Å². The molecular formula is C13H14BrNO2. The van der Waals surface area contributed by atoms with Crippen LogP contribution < -0.4 is 5.32 Å². The molecule has 4 heteroatoms. The molecule has 1 aromatic rings. The summed E-state index contributed by atoms with van der Waals surface area (Å²) in [5, 5.41) is 12.3. The largest absolute Gasteiger partial charge is 0.507 e. The van der Waals surface area contributed by atoms with Crippen LogP contribution in [0.2, 0.25) is 0 Å². The number of nitrogens with one attached hydrogen (secondary N) is 1. The normalized spacial score (nSPS) is 11.6. The van der Waals surface area contributed by atoms with Crippen LogP contribution in [0.5, 0.6) is 5.75 Å².